The molecule has 2 fully saturated rings. The molecule has 2 rings (SSSR count). The number of carbonyl (C=O) groups excluding carboxylic acids is 1. The van der Waals surface area contributed by atoms with Gasteiger partial charge in [-0.25, -0.2) is 9.59 Å². The van der Waals surface area contributed by atoms with Crippen molar-refractivity contribution >= 4 is 12.0 Å². The average Bonchev–Trinajstić information content (AvgIpc) is 2.90. The van der Waals surface area contributed by atoms with Crippen LogP contribution in [-0.2, 0) is 14.3 Å². The van der Waals surface area contributed by atoms with Crippen LogP contribution >= 0.6 is 0 Å². The summed E-state index contributed by atoms with van der Waals surface area (Å²) < 4.78 is 10.9. The van der Waals surface area contributed by atoms with Gasteiger partial charge in [0.1, 0.15) is 6.61 Å². The number of nitrogens with zero attached hydrogens (tertiary/aromatic N) is 1. The Hall–Kier alpha value is -1.34. The zero-order valence-electron chi connectivity index (χ0n) is 12.5. The minimum Gasteiger partial charge on any atom is -0.480 e. The van der Waals surface area contributed by atoms with Crippen LogP contribution in [0.2, 0.25) is 0 Å². The van der Waals surface area contributed by atoms with Crippen LogP contribution in [0.25, 0.3) is 0 Å². The number of amides is 2. The molecule has 0 aromatic heterocycles. The van der Waals surface area contributed by atoms with Gasteiger partial charge in [-0.15, -0.1) is 0 Å². The van der Waals surface area contributed by atoms with Crippen LogP contribution in [0.1, 0.15) is 32.6 Å². The molecule has 21 heavy (non-hydrogen) atoms. The maximum absolute atomic E-state index is 12.1. The molecule has 1 unspecified atom stereocenters. The number of carboxylic acid groups (broad SMARTS) is 1. The van der Waals surface area contributed by atoms with Crippen molar-refractivity contribution in [2.75, 3.05) is 32.8 Å². The summed E-state index contributed by atoms with van der Waals surface area (Å²) in [6.07, 6.45) is 3.29. The summed E-state index contributed by atoms with van der Waals surface area (Å²) in [5, 5.41) is 11.5. The van der Waals surface area contributed by atoms with Crippen LogP contribution in [-0.4, -0.2) is 66.6 Å². The van der Waals surface area contributed by atoms with Gasteiger partial charge in [0.25, 0.3) is 0 Å². The molecule has 2 aliphatic rings. The van der Waals surface area contributed by atoms with E-state index in [0.29, 0.717) is 32.5 Å². The van der Waals surface area contributed by atoms with Crippen molar-refractivity contribution in [3.63, 3.8) is 0 Å². The van der Waals surface area contributed by atoms with Gasteiger partial charge in [-0.1, -0.05) is 0 Å². The highest BCUT2D eigenvalue weighted by Crippen LogP contribution is 2.24. The minimum absolute atomic E-state index is 0.0687. The van der Waals surface area contributed by atoms with Crippen molar-refractivity contribution in [3.05, 3.63) is 0 Å². The van der Waals surface area contributed by atoms with Gasteiger partial charge < -0.3 is 24.8 Å². The Bertz CT molecular complexity index is 374. The molecule has 2 amide bonds. The smallest absolute Gasteiger partial charge is 0.329 e. The number of nitrogens with one attached hydrogen (secondary N) is 1. The van der Waals surface area contributed by atoms with E-state index in [2.05, 4.69) is 5.32 Å². The molecule has 120 valence electrons. The number of urea groups is 1. The van der Waals surface area contributed by atoms with Gasteiger partial charge in [-0.05, 0) is 32.6 Å². The first-order chi connectivity index (χ1) is 9.98. The molecule has 0 bridgehead atoms. The zero-order valence-corrected chi connectivity index (χ0v) is 12.5. The van der Waals surface area contributed by atoms with Crippen molar-refractivity contribution in [2.24, 2.45) is 0 Å². The van der Waals surface area contributed by atoms with Crippen molar-refractivity contribution in [3.8, 4) is 0 Å². The molecule has 0 saturated carbocycles. The van der Waals surface area contributed by atoms with E-state index >= 15 is 0 Å². The number of carboxylic acids is 1. The summed E-state index contributed by atoms with van der Waals surface area (Å²) in [4.78, 5) is 24.3. The monoisotopic (exact) mass is 300 g/mol. The molecule has 0 aliphatic carbocycles. The van der Waals surface area contributed by atoms with Gasteiger partial charge in [-0.3, -0.25) is 0 Å². The third kappa shape index (κ3) is 4.86. The van der Waals surface area contributed by atoms with E-state index in [-0.39, 0.29) is 24.3 Å². The SMILES string of the molecule is CC1(CNC(=O)N2CCC(OCC(=O)O)CC2)CCCO1. The highest BCUT2D eigenvalue weighted by molar-refractivity contribution is 5.74. The van der Waals surface area contributed by atoms with E-state index in [1.54, 1.807) is 4.90 Å². The van der Waals surface area contributed by atoms with Gasteiger partial charge in [0.05, 0.1) is 11.7 Å². The van der Waals surface area contributed by atoms with Gasteiger partial charge in [-0.2, -0.15) is 0 Å². The van der Waals surface area contributed by atoms with E-state index in [0.717, 1.165) is 19.4 Å². The Labute approximate surface area is 124 Å². The number of ether oxygens (including phenoxy) is 2. The fourth-order valence-corrected chi connectivity index (χ4v) is 2.77. The van der Waals surface area contributed by atoms with Crippen molar-refractivity contribution in [1.82, 2.24) is 10.2 Å². The first-order valence-corrected chi connectivity index (χ1v) is 7.49. The lowest BCUT2D eigenvalue weighted by molar-refractivity contribution is -0.145. The minimum atomic E-state index is -0.958. The summed E-state index contributed by atoms with van der Waals surface area (Å²) in [7, 11) is 0. The molecule has 0 spiro atoms. The average molecular weight is 300 g/mol. The lowest BCUT2D eigenvalue weighted by Crippen LogP contribution is -2.49. The van der Waals surface area contributed by atoms with Crippen molar-refractivity contribution in [1.29, 1.82) is 0 Å². The summed E-state index contributed by atoms with van der Waals surface area (Å²) in [5.41, 5.74) is -0.238. The second kappa shape index (κ2) is 7.09. The second-order valence-corrected chi connectivity index (χ2v) is 5.95. The fourth-order valence-electron chi connectivity index (χ4n) is 2.77. The third-order valence-electron chi connectivity index (χ3n) is 4.09. The van der Waals surface area contributed by atoms with Crippen LogP contribution in [0.15, 0.2) is 0 Å². The molecule has 7 nitrogen and oxygen atoms in total. The van der Waals surface area contributed by atoms with Crippen LogP contribution in [0.4, 0.5) is 4.79 Å². The Balaban J connectivity index is 1.67. The van der Waals surface area contributed by atoms with E-state index in [1.807, 2.05) is 6.92 Å². The Morgan fingerprint density at radius 3 is 2.71 bits per heavy atom. The van der Waals surface area contributed by atoms with Crippen LogP contribution in [0, 0.1) is 0 Å². The number of hydrogen-bond donors (Lipinski definition) is 2. The molecule has 0 aromatic carbocycles. The maximum Gasteiger partial charge on any atom is 0.329 e. The number of aliphatic carboxylic acids is 1. The summed E-state index contributed by atoms with van der Waals surface area (Å²) in [5.74, 6) is -0.958. The van der Waals surface area contributed by atoms with E-state index in [1.165, 1.54) is 0 Å². The Morgan fingerprint density at radius 1 is 1.43 bits per heavy atom. The maximum atomic E-state index is 12.1. The lowest BCUT2D eigenvalue weighted by atomic mass is 10.0. The molecular formula is C14H24N2O5. The first kappa shape index (κ1) is 16.0. The van der Waals surface area contributed by atoms with Gasteiger partial charge in [0, 0.05) is 26.2 Å². The molecule has 0 aromatic rings. The van der Waals surface area contributed by atoms with Crippen LogP contribution in [0.3, 0.4) is 0 Å². The normalized spacial score (nSPS) is 26.8. The fraction of sp³-hybridized carbons (Fsp3) is 0.857. The standard InChI is InChI=1S/C14H24N2O5/c1-14(5-2-8-21-14)10-15-13(19)16-6-3-11(4-7-16)20-9-12(17)18/h11H,2-10H2,1H3,(H,15,19)(H,17,18). The van der Waals surface area contributed by atoms with Crippen LogP contribution < -0.4 is 5.32 Å². The zero-order chi connectivity index (χ0) is 15.3. The van der Waals surface area contributed by atoms with Crippen LogP contribution in [0.5, 0.6) is 0 Å². The molecule has 2 saturated heterocycles. The van der Waals surface area contributed by atoms with E-state index in [9.17, 15) is 9.59 Å². The molecule has 2 N–H and O–H groups in total. The summed E-state index contributed by atoms with van der Waals surface area (Å²) in [6, 6.07) is -0.0802. The summed E-state index contributed by atoms with van der Waals surface area (Å²) in [6.45, 7) is 4.22. The quantitative estimate of drug-likeness (QED) is 0.785. The number of likely N-dealkylation sites (tertiary alicyclic amines) is 1. The van der Waals surface area contributed by atoms with Gasteiger partial charge in [0.2, 0.25) is 0 Å². The van der Waals surface area contributed by atoms with E-state index < -0.39 is 5.97 Å². The number of hydrogen-bond acceptors (Lipinski definition) is 4. The first-order valence-electron chi connectivity index (χ1n) is 7.49. The third-order valence-corrected chi connectivity index (χ3v) is 4.09. The van der Waals surface area contributed by atoms with Gasteiger partial charge >= 0.3 is 12.0 Å². The number of rotatable bonds is 5. The topological polar surface area (TPSA) is 88.1 Å². The summed E-state index contributed by atoms with van der Waals surface area (Å²) >= 11 is 0. The molecule has 2 heterocycles. The molecule has 0 radical (unpaired) electrons. The predicted molar refractivity (Wildman–Crippen MR) is 75.2 cm³/mol. The van der Waals surface area contributed by atoms with E-state index in [4.69, 9.17) is 14.6 Å². The highest BCUT2D eigenvalue weighted by Gasteiger charge is 2.31. The Kier molecular flexibility index (Phi) is 5.41. The molecule has 2 aliphatic heterocycles. The van der Waals surface area contributed by atoms with Crippen molar-refractivity contribution in [2.45, 2.75) is 44.3 Å². The van der Waals surface area contributed by atoms with Gasteiger partial charge in [0.15, 0.2) is 0 Å². The number of piperidine rings is 1. The molecular weight excluding hydrogens is 276 g/mol. The Morgan fingerprint density at radius 2 is 2.14 bits per heavy atom. The molecule has 7 heteroatoms. The highest BCUT2D eigenvalue weighted by atomic mass is 16.5. The predicted octanol–water partition coefficient (Wildman–Crippen LogP) is 0.831. The van der Waals surface area contributed by atoms with Crippen molar-refractivity contribution < 1.29 is 24.2 Å². The lowest BCUT2D eigenvalue weighted by Gasteiger charge is -2.33. The second-order valence-electron chi connectivity index (χ2n) is 5.95. The molecule has 1 atom stereocenters. The largest absolute Gasteiger partial charge is 0.480 e. The number of carbonyl (C=O) groups is 2.